The van der Waals surface area contributed by atoms with Crippen molar-refractivity contribution >= 4 is 11.7 Å². The lowest BCUT2D eigenvalue weighted by molar-refractivity contribution is -0.146. The second-order valence-corrected chi connectivity index (χ2v) is 5.30. The molecule has 0 aliphatic heterocycles. The Balaban J connectivity index is 2.83. The van der Waals surface area contributed by atoms with Crippen molar-refractivity contribution < 1.29 is 9.90 Å². The Bertz CT molecular complexity index is 373. The highest BCUT2D eigenvalue weighted by Gasteiger charge is 2.29. The fraction of sp³-hybridized carbons (Fsp3) is 0.533. The third kappa shape index (κ3) is 4.06. The Morgan fingerprint density at radius 3 is 2.39 bits per heavy atom. The van der Waals surface area contributed by atoms with Crippen LogP contribution in [0.2, 0.25) is 0 Å². The summed E-state index contributed by atoms with van der Waals surface area (Å²) in [5, 5.41) is 9.24. The summed E-state index contributed by atoms with van der Waals surface area (Å²) >= 11 is 0. The third-order valence-corrected chi connectivity index (χ3v) is 3.07. The van der Waals surface area contributed by atoms with Crippen LogP contribution in [0.15, 0.2) is 30.3 Å². The molecule has 0 unspecified atom stereocenters. The number of carboxylic acid groups (broad SMARTS) is 1. The van der Waals surface area contributed by atoms with Crippen molar-refractivity contribution in [3.8, 4) is 0 Å². The van der Waals surface area contributed by atoms with E-state index in [1.54, 1.807) is 13.8 Å². The first-order valence-corrected chi connectivity index (χ1v) is 6.51. The molecule has 1 aromatic carbocycles. The van der Waals surface area contributed by atoms with Crippen LogP contribution in [0.1, 0.15) is 33.6 Å². The average molecular weight is 249 g/mol. The molecule has 3 heteroatoms. The van der Waals surface area contributed by atoms with Crippen molar-refractivity contribution in [3.05, 3.63) is 30.3 Å². The normalized spacial score (nSPS) is 11.3. The van der Waals surface area contributed by atoms with E-state index in [2.05, 4.69) is 11.8 Å². The number of rotatable bonds is 7. The van der Waals surface area contributed by atoms with Gasteiger partial charge in [0.2, 0.25) is 0 Å². The number of carbonyl (C=O) groups is 1. The molecule has 0 amide bonds. The molecule has 18 heavy (non-hydrogen) atoms. The second-order valence-electron chi connectivity index (χ2n) is 5.30. The van der Waals surface area contributed by atoms with Crippen molar-refractivity contribution in [2.45, 2.75) is 33.6 Å². The molecular weight excluding hydrogens is 226 g/mol. The molecular formula is C15H23NO2. The molecule has 0 aliphatic rings. The fourth-order valence-electron chi connectivity index (χ4n) is 1.83. The quantitative estimate of drug-likeness (QED) is 0.805. The molecule has 1 N–H and O–H groups in total. The largest absolute Gasteiger partial charge is 0.481 e. The fourth-order valence-corrected chi connectivity index (χ4v) is 1.83. The number of anilines is 1. The Kier molecular flexibility index (Phi) is 5.20. The first-order valence-electron chi connectivity index (χ1n) is 6.51. The van der Waals surface area contributed by atoms with Gasteiger partial charge in [-0.25, -0.2) is 0 Å². The Hall–Kier alpha value is -1.51. The van der Waals surface area contributed by atoms with E-state index in [4.69, 9.17) is 0 Å². The first kappa shape index (κ1) is 14.6. The van der Waals surface area contributed by atoms with Crippen LogP contribution < -0.4 is 4.90 Å². The number of hydrogen-bond donors (Lipinski definition) is 1. The van der Waals surface area contributed by atoms with Gasteiger partial charge in [-0.05, 0) is 32.4 Å². The monoisotopic (exact) mass is 249 g/mol. The first-order chi connectivity index (χ1) is 8.47. The number of hydrogen-bond acceptors (Lipinski definition) is 2. The summed E-state index contributed by atoms with van der Waals surface area (Å²) in [5.74, 6) is -0.750. The highest BCUT2D eigenvalue weighted by Crippen LogP contribution is 2.22. The minimum Gasteiger partial charge on any atom is -0.481 e. The number of benzene rings is 1. The lowest BCUT2D eigenvalue weighted by atomic mass is 9.92. The van der Waals surface area contributed by atoms with Crippen LogP contribution in [0, 0.1) is 5.41 Å². The lowest BCUT2D eigenvalue weighted by Gasteiger charge is -2.31. The van der Waals surface area contributed by atoms with E-state index >= 15 is 0 Å². The van der Waals surface area contributed by atoms with E-state index < -0.39 is 11.4 Å². The minimum atomic E-state index is -0.750. The summed E-state index contributed by atoms with van der Waals surface area (Å²) in [6.07, 6.45) is 2.18. The summed E-state index contributed by atoms with van der Waals surface area (Å²) in [5.41, 5.74) is 0.365. The summed E-state index contributed by atoms with van der Waals surface area (Å²) in [6, 6.07) is 10.0. The van der Waals surface area contributed by atoms with Crippen LogP contribution in [0.25, 0.3) is 0 Å². The third-order valence-electron chi connectivity index (χ3n) is 3.07. The molecule has 3 nitrogen and oxygen atoms in total. The molecule has 1 aromatic rings. The molecule has 0 bridgehead atoms. The summed E-state index contributed by atoms with van der Waals surface area (Å²) < 4.78 is 0. The van der Waals surface area contributed by atoms with Crippen LogP contribution in [-0.2, 0) is 4.79 Å². The zero-order valence-electron chi connectivity index (χ0n) is 11.5. The van der Waals surface area contributed by atoms with Crippen molar-refractivity contribution in [2.24, 2.45) is 5.41 Å². The molecule has 0 aromatic heterocycles. The Labute approximate surface area is 109 Å². The van der Waals surface area contributed by atoms with E-state index in [1.165, 1.54) is 0 Å². The number of aliphatic carboxylic acids is 1. The lowest BCUT2D eigenvalue weighted by Crippen LogP contribution is -2.39. The molecule has 0 saturated heterocycles. The van der Waals surface area contributed by atoms with E-state index in [-0.39, 0.29) is 0 Å². The molecule has 0 radical (unpaired) electrons. The van der Waals surface area contributed by atoms with E-state index in [0.717, 1.165) is 25.1 Å². The number of carboxylic acids is 1. The maximum atomic E-state index is 11.2. The minimum absolute atomic E-state index is 0.534. The molecule has 0 aliphatic carbocycles. The van der Waals surface area contributed by atoms with Crippen LogP contribution in [0.4, 0.5) is 5.69 Å². The molecule has 100 valence electrons. The van der Waals surface area contributed by atoms with E-state index in [9.17, 15) is 9.90 Å². The number of nitrogens with zero attached hydrogens (tertiary/aromatic N) is 1. The highest BCUT2D eigenvalue weighted by molar-refractivity contribution is 5.74. The smallest absolute Gasteiger partial charge is 0.310 e. The molecule has 0 spiro atoms. The molecule has 0 fully saturated rings. The maximum Gasteiger partial charge on any atom is 0.310 e. The average Bonchev–Trinajstić information content (AvgIpc) is 2.35. The van der Waals surface area contributed by atoms with Gasteiger partial charge in [-0.3, -0.25) is 4.79 Å². The number of unbranched alkanes of at least 4 members (excludes halogenated alkanes) is 1. The van der Waals surface area contributed by atoms with Gasteiger partial charge in [-0.15, -0.1) is 0 Å². The zero-order valence-corrected chi connectivity index (χ0v) is 11.5. The van der Waals surface area contributed by atoms with Gasteiger partial charge < -0.3 is 10.0 Å². The van der Waals surface area contributed by atoms with Crippen molar-refractivity contribution in [1.29, 1.82) is 0 Å². The van der Waals surface area contributed by atoms with Gasteiger partial charge in [0.05, 0.1) is 5.41 Å². The van der Waals surface area contributed by atoms with Gasteiger partial charge in [0.1, 0.15) is 0 Å². The predicted molar refractivity (Wildman–Crippen MR) is 75.0 cm³/mol. The SMILES string of the molecule is CCCCN(CC(C)(C)C(=O)O)c1ccccc1. The standard InChI is InChI=1S/C15H23NO2/c1-4-5-11-16(12-15(2,3)14(17)18)13-9-7-6-8-10-13/h6-10H,4-5,11-12H2,1-3H3,(H,17,18). The van der Waals surface area contributed by atoms with Gasteiger partial charge in [-0.1, -0.05) is 31.5 Å². The van der Waals surface area contributed by atoms with Crippen LogP contribution in [0.3, 0.4) is 0 Å². The van der Waals surface area contributed by atoms with Crippen molar-refractivity contribution in [2.75, 3.05) is 18.0 Å². The summed E-state index contributed by atoms with van der Waals surface area (Å²) in [6.45, 7) is 7.13. The Morgan fingerprint density at radius 2 is 1.89 bits per heavy atom. The van der Waals surface area contributed by atoms with Crippen molar-refractivity contribution in [1.82, 2.24) is 0 Å². The maximum absolute atomic E-state index is 11.2. The van der Waals surface area contributed by atoms with Gasteiger partial charge in [0.15, 0.2) is 0 Å². The highest BCUT2D eigenvalue weighted by atomic mass is 16.4. The second kappa shape index (κ2) is 6.43. The predicted octanol–water partition coefficient (Wildman–Crippen LogP) is 3.40. The van der Waals surface area contributed by atoms with Gasteiger partial charge in [0, 0.05) is 18.8 Å². The molecule has 0 saturated carbocycles. The van der Waals surface area contributed by atoms with Crippen LogP contribution >= 0.6 is 0 Å². The van der Waals surface area contributed by atoms with Gasteiger partial charge in [-0.2, -0.15) is 0 Å². The molecule has 0 atom stereocenters. The van der Waals surface area contributed by atoms with Crippen LogP contribution in [0.5, 0.6) is 0 Å². The summed E-state index contributed by atoms with van der Waals surface area (Å²) in [4.78, 5) is 13.4. The Morgan fingerprint density at radius 1 is 1.28 bits per heavy atom. The van der Waals surface area contributed by atoms with Crippen LogP contribution in [-0.4, -0.2) is 24.2 Å². The molecule has 0 heterocycles. The van der Waals surface area contributed by atoms with E-state index in [0.29, 0.717) is 6.54 Å². The molecule has 1 rings (SSSR count). The van der Waals surface area contributed by atoms with Crippen molar-refractivity contribution in [3.63, 3.8) is 0 Å². The van der Waals surface area contributed by atoms with E-state index in [1.807, 2.05) is 30.3 Å². The van der Waals surface area contributed by atoms with Gasteiger partial charge in [0.25, 0.3) is 0 Å². The number of para-hydroxylation sites is 1. The topological polar surface area (TPSA) is 40.5 Å². The summed E-state index contributed by atoms with van der Waals surface area (Å²) in [7, 11) is 0. The van der Waals surface area contributed by atoms with Gasteiger partial charge >= 0.3 is 5.97 Å². The zero-order chi connectivity index (χ0) is 13.6.